The van der Waals surface area contributed by atoms with Gasteiger partial charge in [-0.05, 0) is 271 Å². The Morgan fingerprint density at radius 1 is 0.418 bits per heavy atom. The Balaban J connectivity index is 0.000000155. The number of benzene rings is 8. The van der Waals surface area contributed by atoms with Gasteiger partial charge in [-0.3, -0.25) is 10.1 Å². The zero-order valence-electron chi connectivity index (χ0n) is 77.0. The first kappa shape index (κ1) is 101. The van der Waals surface area contributed by atoms with Crippen LogP contribution in [-0.2, 0) is 4.79 Å². The third-order valence-electron chi connectivity index (χ3n) is 27.0. The zero-order chi connectivity index (χ0) is 91.3. The van der Waals surface area contributed by atoms with E-state index in [4.69, 9.17) is 77.7 Å². The van der Waals surface area contributed by atoms with Gasteiger partial charge in [0.1, 0.15) is 52.6 Å². The number of nitrogens with zero attached hydrogens (tertiary/aromatic N) is 14. The third kappa shape index (κ3) is 25.0. The first-order valence-electron chi connectivity index (χ1n) is 47.2. The molecule has 0 atom stereocenters. The Bertz CT molecular complexity index is 5640. The molecule has 9 N–H and O–H groups in total. The van der Waals surface area contributed by atoms with Gasteiger partial charge in [-0.15, -0.1) is 0 Å². The third-order valence-corrected chi connectivity index (χ3v) is 27.2. The number of aldehydes is 1. The molecule has 20 rings (SSSR count). The van der Waals surface area contributed by atoms with Crippen LogP contribution in [0.1, 0.15) is 223 Å². The molecule has 714 valence electrons. The standard InChI is InChI=1S/C28H37N5O.2C24H29N5O.C20H19ClN4O3.C4H9N.C3H6O.3CH4/c1-4-16-32(2)22-12-13-25-24(19-22)27(31-28(30-25)29-21-8-7-9-21)33-17-14-20(15-18-33)23-10-5-6-11-26(23)34-3;2*1-30-22-8-3-2-7-19(22)16-11-13-29(14-12-16)23-20-15-17(25)9-10-21(20)27-24(28-23)26-18-5-4-6-18;1-28-18-5-3-2-4-15(18)13-8-10-24(11-9-13)19-16-12-14(25(26)27)6-7-17(16)22-20(21)23-19;5-4-2-1-3-4;1-2-3-4;;;/h5-6,10-13,19-21H,4,7-9,14-18H2,1-3H3,(H,29,30,31);2*2-3,7-10,15-16,18H,4-6,11-14,25H2,1H3,(H,26,27,28);2-7,12-13H,8-11H2,1H3;4H,1-3,5H2;3H,2H2,1H3;3*1H4. The second-order valence-electron chi connectivity index (χ2n) is 35.7. The smallest absolute Gasteiger partial charge is 0.270 e. The maximum absolute atomic E-state index is 11.2. The molecule has 134 heavy (non-hydrogen) atoms. The van der Waals surface area contributed by atoms with Crippen LogP contribution in [0.25, 0.3) is 43.6 Å². The van der Waals surface area contributed by atoms with Crippen molar-refractivity contribution in [3.8, 4) is 23.0 Å². The number of nitro benzene ring substituents is 1. The van der Waals surface area contributed by atoms with E-state index < -0.39 is 4.92 Å². The molecule has 8 aromatic carbocycles. The number of ether oxygens (including phenoxy) is 4. The van der Waals surface area contributed by atoms with E-state index in [-0.39, 0.29) is 33.3 Å². The van der Waals surface area contributed by atoms with Crippen molar-refractivity contribution in [1.29, 1.82) is 0 Å². The first-order valence-corrected chi connectivity index (χ1v) is 47.6. The quantitative estimate of drug-likeness (QED) is 0.0114. The highest BCUT2D eigenvalue weighted by Gasteiger charge is 2.33. The predicted octanol–water partition coefficient (Wildman–Crippen LogP) is 22.6. The van der Waals surface area contributed by atoms with Crippen molar-refractivity contribution in [2.24, 2.45) is 5.73 Å². The summed E-state index contributed by atoms with van der Waals surface area (Å²) < 4.78 is 22.3. The lowest BCUT2D eigenvalue weighted by molar-refractivity contribution is -0.384. The number of anilines is 10. The van der Waals surface area contributed by atoms with Gasteiger partial charge in [0.05, 0.1) is 55.4 Å². The van der Waals surface area contributed by atoms with Crippen molar-refractivity contribution < 1.29 is 28.7 Å². The maximum Gasteiger partial charge on any atom is 0.270 e. The molecule has 0 spiro atoms. The number of fused-ring (bicyclic) bond motifs is 4. The topological polar surface area (TPSA) is 331 Å². The Labute approximate surface area is 797 Å². The van der Waals surface area contributed by atoms with Gasteiger partial charge in [-0.25, -0.2) is 19.9 Å². The van der Waals surface area contributed by atoms with Crippen LogP contribution in [0.2, 0.25) is 5.28 Å². The number of nitrogens with two attached hydrogens (primary N) is 3. The second kappa shape index (κ2) is 48.5. The van der Waals surface area contributed by atoms with E-state index in [1.54, 1.807) is 34.5 Å². The summed E-state index contributed by atoms with van der Waals surface area (Å²) in [4.78, 5) is 69.6. The molecule has 0 unspecified atom stereocenters. The number of rotatable bonds is 23. The maximum atomic E-state index is 11.2. The van der Waals surface area contributed by atoms with Crippen molar-refractivity contribution in [1.82, 2.24) is 39.9 Å². The molecular formula is C106H141ClN20O7. The molecule has 8 aliphatic rings. The number of piperidine rings is 4. The molecular weight excluding hydrogens is 1700 g/mol. The van der Waals surface area contributed by atoms with Gasteiger partial charge in [-0.2, -0.15) is 19.9 Å². The van der Waals surface area contributed by atoms with Gasteiger partial charge in [-0.1, -0.05) is 115 Å². The summed E-state index contributed by atoms with van der Waals surface area (Å²) in [5, 5.41) is 25.8. The molecule has 12 aromatic rings. The van der Waals surface area contributed by atoms with Crippen LogP contribution in [0.3, 0.4) is 0 Å². The van der Waals surface area contributed by atoms with Crippen LogP contribution in [0.4, 0.5) is 63.9 Å². The van der Waals surface area contributed by atoms with E-state index in [1.165, 1.54) is 117 Å². The molecule has 0 bridgehead atoms. The fraction of sp³-hybridized carbons (Fsp3) is 0.462. The van der Waals surface area contributed by atoms with E-state index in [0.29, 0.717) is 71.0 Å². The summed E-state index contributed by atoms with van der Waals surface area (Å²) in [5.41, 5.74) is 29.0. The molecule has 4 aliphatic carbocycles. The van der Waals surface area contributed by atoms with Gasteiger partial charge in [0.2, 0.25) is 23.1 Å². The molecule has 0 amide bonds. The van der Waals surface area contributed by atoms with Crippen LogP contribution in [0, 0.1) is 10.1 Å². The molecule has 27 nitrogen and oxygen atoms in total. The minimum Gasteiger partial charge on any atom is -0.496 e. The fourth-order valence-corrected chi connectivity index (χ4v) is 18.8. The lowest BCUT2D eigenvalue weighted by Crippen LogP contribution is -2.34. The lowest BCUT2D eigenvalue weighted by Gasteiger charge is -2.34. The summed E-state index contributed by atoms with van der Waals surface area (Å²) in [7, 11) is 9.13. The van der Waals surface area contributed by atoms with Gasteiger partial charge >= 0.3 is 0 Å². The van der Waals surface area contributed by atoms with Gasteiger partial charge < -0.3 is 81.4 Å². The Morgan fingerprint density at radius 3 is 1.00 bits per heavy atom. The van der Waals surface area contributed by atoms with E-state index in [1.807, 2.05) is 79.7 Å². The number of halogens is 1. The Morgan fingerprint density at radius 2 is 0.709 bits per heavy atom. The van der Waals surface area contributed by atoms with Crippen molar-refractivity contribution in [2.75, 3.05) is 146 Å². The number of carbonyl (C=O) groups excluding carboxylic acids is 1. The van der Waals surface area contributed by atoms with Crippen molar-refractivity contribution in [2.45, 2.75) is 225 Å². The number of para-hydroxylation sites is 4. The zero-order valence-corrected chi connectivity index (χ0v) is 77.8. The SMILES string of the molecule is C.C.C.CCC=O.CCCN(C)c1ccc2nc(NC3CCC3)nc(N3CCC(c4ccccc4OC)CC3)c2c1.COc1ccccc1C1CCN(c2nc(Cl)nc3ccc([N+](=O)[O-])cc23)CC1.COc1ccccc1C1CCN(c2nc(NC3CCC3)nc3ccc(N)cc23)CC1.COc1ccccc1C1CCN(c2nc(NC3CCC3)nc3ccc(N)cc23)CC1.NC1CCC1. The van der Waals surface area contributed by atoms with Crippen LogP contribution < -0.4 is 76.6 Å². The summed E-state index contributed by atoms with van der Waals surface area (Å²) >= 11 is 6.11. The van der Waals surface area contributed by atoms with Crippen LogP contribution in [0.5, 0.6) is 23.0 Å². The molecule has 4 saturated heterocycles. The Kier molecular flexibility index (Phi) is 36.4. The van der Waals surface area contributed by atoms with E-state index in [0.717, 1.165) is 225 Å². The second-order valence-corrected chi connectivity index (χ2v) is 36.0. The number of hydrogen-bond donors (Lipinski definition) is 6. The van der Waals surface area contributed by atoms with Gasteiger partial charge in [0, 0.05) is 147 Å². The minimum absolute atomic E-state index is 0. The number of hydrogen-bond acceptors (Lipinski definition) is 26. The average Bonchev–Trinajstić information content (AvgIpc) is 0.802. The normalized spacial score (nSPS) is 16.5. The lowest BCUT2D eigenvalue weighted by atomic mass is 9.88. The van der Waals surface area contributed by atoms with Crippen molar-refractivity contribution in [3.63, 3.8) is 0 Å². The number of methoxy groups -OCH3 is 4. The molecule has 8 fully saturated rings. The molecule has 28 heteroatoms. The molecule has 8 heterocycles. The summed E-state index contributed by atoms with van der Waals surface area (Å²) in [6.45, 7) is 12.4. The summed E-state index contributed by atoms with van der Waals surface area (Å²) in [5.74, 6) is 11.7. The fourth-order valence-electron chi connectivity index (χ4n) is 18.7. The number of aromatic nitrogens is 8. The number of carbonyl (C=O) groups is 1. The first-order chi connectivity index (χ1) is 63.9. The summed E-state index contributed by atoms with van der Waals surface area (Å²) in [6.07, 6.45) is 25.9. The highest BCUT2D eigenvalue weighted by molar-refractivity contribution is 6.29. The van der Waals surface area contributed by atoms with Crippen molar-refractivity contribution >= 4 is 125 Å². The number of nitrogen functional groups attached to an aromatic ring is 2. The molecule has 0 radical (unpaired) electrons. The van der Waals surface area contributed by atoms with E-state index in [9.17, 15) is 14.9 Å². The molecule has 4 aromatic heterocycles. The minimum atomic E-state index is -0.411. The predicted molar refractivity (Wildman–Crippen MR) is 553 cm³/mol. The summed E-state index contributed by atoms with van der Waals surface area (Å²) in [6, 6.07) is 58.5. The van der Waals surface area contributed by atoms with Gasteiger partial charge in [0.15, 0.2) is 0 Å². The Hall–Kier alpha value is -12.4. The highest BCUT2D eigenvalue weighted by Crippen LogP contribution is 2.44. The van der Waals surface area contributed by atoms with Crippen LogP contribution >= 0.6 is 11.6 Å². The largest absolute Gasteiger partial charge is 0.496 e. The molecule has 4 saturated carbocycles. The van der Waals surface area contributed by atoms with Crippen LogP contribution in [0.15, 0.2) is 170 Å². The molecule has 4 aliphatic heterocycles. The number of nitrogens with one attached hydrogen (secondary N) is 3. The van der Waals surface area contributed by atoms with Gasteiger partial charge in [0.25, 0.3) is 5.69 Å². The number of non-ortho nitro benzene ring substituents is 1. The van der Waals surface area contributed by atoms with E-state index >= 15 is 0 Å². The average molecular weight is 1840 g/mol. The number of nitro groups is 1. The van der Waals surface area contributed by atoms with Crippen LogP contribution in [-0.4, -0.2) is 170 Å². The highest BCUT2D eigenvalue weighted by atomic mass is 35.5. The monoisotopic (exact) mass is 1840 g/mol. The van der Waals surface area contributed by atoms with E-state index in [2.05, 4.69) is 143 Å². The van der Waals surface area contributed by atoms with Crippen molar-refractivity contribution in [3.05, 3.63) is 208 Å².